The molecule has 3 aromatic rings. The summed E-state index contributed by atoms with van der Waals surface area (Å²) in [4.78, 5) is 62.5. The van der Waals surface area contributed by atoms with Crippen molar-refractivity contribution < 1.29 is 28.7 Å². The maximum Gasteiger partial charge on any atom is 0.408 e. The second-order valence-corrected chi connectivity index (χ2v) is 21.4. The van der Waals surface area contributed by atoms with Crippen LogP contribution < -0.4 is 26.6 Å². The number of nitrogens with one attached hydrogen (secondary N) is 3. The van der Waals surface area contributed by atoms with Crippen molar-refractivity contribution in [3.63, 3.8) is 0 Å². The SMILES string of the molecule is C[C@H](NC(=O)[C@@H](Cc1ccccc1)NC(=O)[C@@H]1CCCN1C(=O)[C@H](CP(=S)(c1ccccc1)c1ccccc1)NC(=O)OC(C)(C)C)C1=N[C@@H](C(C)(C)C)CO1. The van der Waals surface area contributed by atoms with Gasteiger partial charge in [-0.25, -0.2) is 9.79 Å². The average molecular weight is 802 g/mol. The van der Waals surface area contributed by atoms with E-state index in [1.54, 1.807) is 20.8 Å². The van der Waals surface area contributed by atoms with Gasteiger partial charge < -0.3 is 30.3 Å². The molecule has 4 amide bonds. The van der Waals surface area contributed by atoms with Crippen molar-refractivity contribution in [2.45, 2.75) is 104 Å². The van der Waals surface area contributed by atoms with Gasteiger partial charge in [-0.2, -0.15) is 0 Å². The van der Waals surface area contributed by atoms with Gasteiger partial charge in [-0.3, -0.25) is 14.4 Å². The first-order valence-electron chi connectivity index (χ1n) is 19.3. The largest absolute Gasteiger partial charge is 0.477 e. The van der Waals surface area contributed by atoms with Gasteiger partial charge in [-0.1, -0.05) is 124 Å². The Hall–Kier alpha value is -4.54. The van der Waals surface area contributed by atoms with E-state index in [1.807, 2.05) is 97.9 Å². The van der Waals surface area contributed by atoms with E-state index in [2.05, 4.69) is 36.7 Å². The highest BCUT2D eigenvalue weighted by Gasteiger charge is 2.42. The zero-order chi connectivity index (χ0) is 40.7. The molecule has 0 radical (unpaired) electrons. The lowest BCUT2D eigenvalue weighted by Gasteiger charge is -2.33. The topological polar surface area (TPSA) is 138 Å². The number of carbonyl (C=O) groups excluding carboxylic acids is 4. The van der Waals surface area contributed by atoms with E-state index >= 15 is 0 Å². The molecule has 5 rings (SSSR count). The lowest BCUT2D eigenvalue weighted by molar-refractivity contribution is -0.140. The zero-order valence-electron chi connectivity index (χ0n) is 33.5. The molecule has 0 aromatic heterocycles. The monoisotopic (exact) mass is 801 g/mol. The summed E-state index contributed by atoms with van der Waals surface area (Å²) in [5.74, 6) is -0.835. The second-order valence-electron chi connectivity index (χ2n) is 16.6. The summed E-state index contributed by atoms with van der Waals surface area (Å²) < 4.78 is 11.5. The van der Waals surface area contributed by atoms with Crippen molar-refractivity contribution in [3.05, 3.63) is 96.6 Å². The van der Waals surface area contributed by atoms with Crippen LogP contribution in [0.4, 0.5) is 4.79 Å². The summed E-state index contributed by atoms with van der Waals surface area (Å²) in [5, 5.41) is 10.6. The predicted molar refractivity (Wildman–Crippen MR) is 226 cm³/mol. The summed E-state index contributed by atoms with van der Waals surface area (Å²) >= 11 is 6.50. The van der Waals surface area contributed by atoms with Crippen LogP contribution in [0.5, 0.6) is 0 Å². The highest BCUT2D eigenvalue weighted by atomic mass is 32.4. The van der Waals surface area contributed by atoms with Gasteiger partial charge in [0.25, 0.3) is 0 Å². The van der Waals surface area contributed by atoms with Crippen molar-refractivity contribution in [1.82, 2.24) is 20.9 Å². The molecule has 3 aromatic carbocycles. The Kier molecular flexibility index (Phi) is 13.8. The van der Waals surface area contributed by atoms with Crippen molar-refractivity contribution in [1.29, 1.82) is 0 Å². The summed E-state index contributed by atoms with van der Waals surface area (Å²) in [6, 6.07) is 22.6. The van der Waals surface area contributed by atoms with Crippen molar-refractivity contribution in [2.24, 2.45) is 10.4 Å². The molecule has 0 bridgehead atoms. The van der Waals surface area contributed by atoms with E-state index in [1.165, 1.54) is 4.90 Å². The first-order valence-corrected chi connectivity index (χ1v) is 22.3. The molecule has 56 heavy (non-hydrogen) atoms. The van der Waals surface area contributed by atoms with Gasteiger partial charge in [0.1, 0.15) is 36.4 Å². The molecule has 13 heteroatoms. The van der Waals surface area contributed by atoms with Gasteiger partial charge in [0.05, 0.1) is 6.04 Å². The molecule has 0 unspecified atom stereocenters. The minimum atomic E-state index is -2.69. The van der Waals surface area contributed by atoms with Crippen LogP contribution >= 0.6 is 6.04 Å². The Labute approximate surface area is 336 Å². The van der Waals surface area contributed by atoms with E-state index in [4.69, 9.17) is 26.3 Å². The molecule has 3 N–H and O–H groups in total. The molecule has 0 aliphatic carbocycles. The van der Waals surface area contributed by atoms with Gasteiger partial charge in [0.15, 0.2) is 0 Å². The highest BCUT2D eigenvalue weighted by Crippen LogP contribution is 2.45. The first-order chi connectivity index (χ1) is 26.4. The van der Waals surface area contributed by atoms with Crippen molar-refractivity contribution in [2.75, 3.05) is 19.3 Å². The molecule has 0 saturated carbocycles. The maximum absolute atomic E-state index is 14.7. The normalized spacial score (nSPS) is 18.8. The van der Waals surface area contributed by atoms with E-state index in [9.17, 15) is 19.2 Å². The third-order valence-electron chi connectivity index (χ3n) is 9.93. The number of alkyl carbamates (subject to hydrolysis) is 1. The third-order valence-corrected chi connectivity index (χ3v) is 14.8. The number of hydrogen-bond donors (Lipinski definition) is 3. The van der Waals surface area contributed by atoms with Crippen LogP contribution in [-0.4, -0.2) is 89.7 Å². The number of carbonyl (C=O) groups is 4. The van der Waals surface area contributed by atoms with Crippen LogP contribution in [0.3, 0.4) is 0 Å². The third kappa shape index (κ3) is 11.1. The number of likely N-dealkylation sites (tertiary alicyclic amines) is 1. The zero-order valence-corrected chi connectivity index (χ0v) is 35.2. The van der Waals surface area contributed by atoms with Crippen LogP contribution in [0, 0.1) is 5.41 Å². The number of aliphatic imine (C=N–C) groups is 1. The standard InChI is InChI=1S/C43H56N5O6PS/c1-29(39-47-36(27-53-39)42(2,3)4)44-37(49)33(26-30-18-11-8-12-19-30)45-38(50)35-24-17-25-48(35)40(51)34(46-41(52)54-43(5,6)7)28-55(56,31-20-13-9-14-21-31)32-22-15-10-16-23-32/h8-16,18-23,29,33-36H,17,24-28H2,1-7H3,(H,44,49)(H,45,50)(H,46,52)/t29-,33+,34-,35-,36+/m0/s1. The highest BCUT2D eigenvalue weighted by molar-refractivity contribution is 8.22. The average Bonchev–Trinajstić information content (AvgIpc) is 3.86. The number of ether oxygens (including phenoxy) is 2. The van der Waals surface area contributed by atoms with Gasteiger partial charge >= 0.3 is 6.09 Å². The van der Waals surface area contributed by atoms with Crippen LogP contribution in [0.2, 0.25) is 0 Å². The lowest BCUT2D eigenvalue weighted by Crippen LogP contribution is -2.58. The maximum atomic E-state index is 14.7. The minimum absolute atomic E-state index is 0.0375. The van der Waals surface area contributed by atoms with E-state index in [0.29, 0.717) is 31.9 Å². The fourth-order valence-corrected chi connectivity index (χ4v) is 10.8. The van der Waals surface area contributed by atoms with Crippen LogP contribution in [0.1, 0.15) is 66.9 Å². The van der Waals surface area contributed by atoms with E-state index in [-0.39, 0.29) is 24.0 Å². The Balaban J connectivity index is 1.40. The van der Waals surface area contributed by atoms with E-state index in [0.717, 1.165) is 16.2 Å². The molecule has 300 valence electrons. The molecule has 2 aliphatic rings. The summed E-state index contributed by atoms with van der Waals surface area (Å²) in [6.07, 6.45) is 0.545. The molecule has 2 heterocycles. The smallest absolute Gasteiger partial charge is 0.408 e. The van der Waals surface area contributed by atoms with Crippen molar-refractivity contribution in [3.8, 4) is 0 Å². The number of benzene rings is 3. The van der Waals surface area contributed by atoms with Crippen LogP contribution in [-0.2, 0) is 42.1 Å². The predicted octanol–water partition coefficient (Wildman–Crippen LogP) is 5.08. The first kappa shape index (κ1) is 42.6. The number of amides is 4. The van der Waals surface area contributed by atoms with Gasteiger partial charge in [0.2, 0.25) is 23.6 Å². The molecular weight excluding hydrogens is 746 g/mol. The van der Waals surface area contributed by atoms with Gasteiger partial charge in [-0.05, 0) is 62.1 Å². The molecule has 11 nitrogen and oxygen atoms in total. The van der Waals surface area contributed by atoms with Crippen molar-refractivity contribution >= 4 is 58.2 Å². The fourth-order valence-electron chi connectivity index (χ4n) is 6.87. The number of rotatable bonds is 13. The number of nitrogens with zero attached hydrogens (tertiary/aromatic N) is 2. The molecule has 1 saturated heterocycles. The van der Waals surface area contributed by atoms with E-state index < -0.39 is 59.6 Å². The Morgan fingerprint density at radius 3 is 1.96 bits per heavy atom. The molecule has 1 fully saturated rings. The summed E-state index contributed by atoms with van der Waals surface area (Å²) in [7, 11) is 0. The summed E-state index contributed by atoms with van der Waals surface area (Å²) in [6.45, 7) is 14.1. The fraction of sp³-hybridized carbons (Fsp3) is 0.465. The molecule has 2 aliphatic heterocycles. The number of hydrogen-bond acceptors (Lipinski definition) is 8. The Bertz CT molecular complexity index is 1870. The van der Waals surface area contributed by atoms with Crippen LogP contribution in [0.25, 0.3) is 0 Å². The second kappa shape index (κ2) is 18.2. The van der Waals surface area contributed by atoms with Crippen LogP contribution in [0.15, 0.2) is 96.0 Å². The van der Waals surface area contributed by atoms with Gasteiger partial charge in [-0.15, -0.1) is 0 Å². The summed E-state index contributed by atoms with van der Waals surface area (Å²) in [5.41, 5.74) is -0.0565. The Morgan fingerprint density at radius 1 is 0.857 bits per heavy atom. The molecular formula is C43H56N5O6PS. The van der Waals surface area contributed by atoms with Gasteiger partial charge in [0, 0.05) is 25.2 Å². The Morgan fingerprint density at radius 2 is 1.43 bits per heavy atom. The molecule has 5 atom stereocenters. The molecule has 0 spiro atoms. The lowest BCUT2D eigenvalue weighted by atomic mass is 9.88. The quantitative estimate of drug-likeness (QED) is 0.205. The minimum Gasteiger partial charge on any atom is -0.477 e.